The molecule has 35 heavy (non-hydrogen) atoms. The van der Waals surface area contributed by atoms with Gasteiger partial charge in [-0.3, -0.25) is 4.79 Å². The summed E-state index contributed by atoms with van der Waals surface area (Å²) in [5.74, 6) is 6.84. The number of methoxy groups -OCH3 is 1. The van der Waals surface area contributed by atoms with Crippen LogP contribution in [0.2, 0.25) is 0 Å². The topological polar surface area (TPSA) is 71.7 Å². The van der Waals surface area contributed by atoms with E-state index >= 15 is 0 Å². The molecule has 0 amide bonds. The van der Waals surface area contributed by atoms with Crippen molar-refractivity contribution in [1.82, 2.24) is 0 Å². The fourth-order valence-electron chi connectivity index (χ4n) is 3.49. The molecule has 0 aliphatic rings. The summed E-state index contributed by atoms with van der Waals surface area (Å²) in [7, 11) is 1.50. The van der Waals surface area contributed by atoms with Crippen molar-refractivity contribution in [1.29, 1.82) is 0 Å². The first-order valence-corrected chi connectivity index (χ1v) is 10.8. The van der Waals surface area contributed by atoms with Gasteiger partial charge in [-0.1, -0.05) is 54.3 Å². The van der Waals surface area contributed by atoms with E-state index in [1.165, 1.54) is 13.2 Å². The van der Waals surface area contributed by atoms with Crippen LogP contribution in [-0.4, -0.2) is 19.8 Å². The van der Waals surface area contributed by atoms with E-state index in [0.717, 1.165) is 16.7 Å². The average molecular weight is 474 g/mol. The Morgan fingerprint density at radius 1 is 1.06 bits per heavy atom. The molecule has 0 N–H and O–H groups in total. The van der Waals surface area contributed by atoms with E-state index in [4.69, 9.17) is 13.9 Å². The van der Waals surface area contributed by atoms with Crippen molar-refractivity contribution < 1.29 is 48.6 Å². The van der Waals surface area contributed by atoms with Gasteiger partial charge in [0, 0.05) is 30.7 Å². The molecule has 1 atom stereocenters. The molecule has 5 nitrogen and oxygen atoms in total. The molecule has 4 aromatic rings. The molecule has 4 rings (SSSR count). The molecule has 0 radical (unpaired) electrons. The first-order chi connectivity index (χ1) is 16.5. The maximum absolute atomic E-state index is 12.6. The molecule has 0 fully saturated rings. The van der Waals surface area contributed by atoms with Gasteiger partial charge in [0.2, 0.25) is 0 Å². The van der Waals surface area contributed by atoms with Gasteiger partial charge < -0.3 is 19.0 Å². The predicted octanol–water partition coefficient (Wildman–Crippen LogP) is 1.33. The molecule has 6 heteroatoms. The van der Waals surface area contributed by atoms with Crippen LogP contribution in [0.25, 0.3) is 22.3 Å². The summed E-state index contributed by atoms with van der Waals surface area (Å²) in [4.78, 5) is 12.6. The van der Waals surface area contributed by atoms with Gasteiger partial charge in [-0.05, 0) is 35.9 Å². The fraction of sp³-hybridized carbons (Fsp3) is 0.138. The number of rotatable bonds is 7. The Labute approximate surface area is 226 Å². The van der Waals surface area contributed by atoms with Crippen molar-refractivity contribution in [3.63, 3.8) is 0 Å². The fourth-order valence-corrected chi connectivity index (χ4v) is 3.49. The molecule has 0 aliphatic carbocycles. The number of hydrogen-bond acceptors (Lipinski definition) is 5. The third kappa shape index (κ3) is 6.88. The van der Waals surface area contributed by atoms with E-state index in [2.05, 4.69) is 18.4 Å². The molecule has 1 aromatic heterocycles. The van der Waals surface area contributed by atoms with Crippen LogP contribution in [0, 0.1) is 11.8 Å². The number of ether oxygens (including phenoxy) is 2. The van der Waals surface area contributed by atoms with Crippen LogP contribution < -0.4 is 44.8 Å². The molecular weight excluding hydrogens is 451 g/mol. The van der Waals surface area contributed by atoms with Gasteiger partial charge >= 0.3 is 29.6 Å². The minimum absolute atomic E-state index is 0. The second-order valence-electron chi connectivity index (χ2n) is 7.68. The first-order valence-electron chi connectivity index (χ1n) is 10.8. The van der Waals surface area contributed by atoms with Crippen LogP contribution in [0.15, 0.2) is 100 Å². The van der Waals surface area contributed by atoms with Gasteiger partial charge in [0.25, 0.3) is 0 Å². The zero-order valence-electron chi connectivity index (χ0n) is 19.7. The summed E-state index contributed by atoms with van der Waals surface area (Å²) in [5.41, 5.74) is 3.01. The maximum Gasteiger partial charge on any atom is 1.00 e. The van der Waals surface area contributed by atoms with Crippen LogP contribution in [-0.2, 0) is 11.2 Å². The summed E-state index contributed by atoms with van der Waals surface area (Å²) < 4.78 is 16.8. The van der Waals surface area contributed by atoms with Crippen LogP contribution in [0.1, 0.15) is 11.1 Å². The van der Waals surface area contributed by atoms with Gasteiger partial charge in [0.05, 0.1) is 11.5 Å². The Morgan fingerprint density at radius 3 is 2.49 bits per heavy atom. The average Bonchev–Trinajstić information content (AvgIpc) is 2.86. The molecule has 0 unspecified atom stereocenters. The van der Waals surface area contributed by atoms with Gasteiger partial charge in [-0.15, -0.1) is 12.3 Å². The molecule has 0 spiro atoms. The molecule has 0 aliphatic heterocycles. The number of hydrogen-bond donors (Lipinski definition) is 0. The van der Waals surface area contributed by atoms with Crippen molar-refractivity contribution in [3.05, 3.63) is 113 Å². The summed E-state index contributed by atoms with van der Waals surface area (Å²) >= 11 is 0. The zero-order valence-corrected chi connectivity index (χ0v) is 21.7. The molecule has 0 saturated heterocycles. The second-order valence-corrected chi connectivity index (χ2v) is 7.68. The van der Waals surface area contributed by atoms with E-state index in [9.17, 15) is 9.90 Å². The third-order valence-electron chi connectivity index (χ3n) is 5.32. The number of fused-ring (bicyclic) bond motifs is 1. The molecule has 3 aromatic carbocycles. The van der Waals surface area contributed by atoms with E-state index < -0.39 is 6.10 Å². The van der Waals surface area contributed by atoms with Crippen LogP contribution in [0.5, 0.6) is 5.75 Å². The molecule has 170 valence electrons. The van der Waals surface area contributed by atoms with Crippen LogP contribution in [0.4, 0.5) is 0 Å². The summed E-state index contributed by atoms with van der Waals surface area (Å²) in [5, 5.41) is 11.9. The van der Waals surface area contributed by atoms with Crippen molar-refractivity contribution in [2.45, 2.75) is 12.5 Å². The Hall–Kier alpha value is -3.27. The number of benzene rings is 3. The largest absolute Gasteiger partial charge is 1.00 e. The molecular formula is C29H23NaO5. The quantitative estimate of drug-likeness (QED) is 0.230. The standard InChI is InChI=1S/C29H24O5.Na/c1-20(30)28(32-2)17-22-12-10-21(11-13-22)7-6-16-33-24-14-15-27-25(18-24)26(31)19-29(34-27)23-8-4-3-5-9-23;/h3-5,8-15,18-19,28,30H,1,16-17H2,2H3;/q;+1/p-1/t28-;/m0./s1. The van der Waals surface area contributed by atoms with E-state index in [0.29, 0.717) is 28.9 Å². The second kappa shape index (κ2) is 12.4. The summed E-state index contributed by atoms with van der Waals surface area (Å²) in [6.45, 7) is 3.58. The zero-order chi connectivity index (χ0) is 23.9. The minimum atomic E-state index is -0.542. The summed E-state index contributed by atoms with van der Waals surface area (Å²) in [6.07, 6.45) is -0.0713. The van der Waals surface area contributed by atoms with E-state index in [-0.39, 0.29) is 47.4 Å². The smallest absolute Gasteiger partial charge is 0.874 e. The van der Waals surface area contributed by atoms with Gasteiger partial charge in [-0.25, -0.2) is 0 Å². The van der Waals surface area contributed by atoms with E-state index in [1.807, 2.05) is 54.6 Å². The van der Waals surface area contributed by atoms with Gasteiger partial charge in [-0.2, -0.15) is 0 Å². The Bertz CT molecular complexity index is 1410. The Morgan fingerprint density at radius 2 is 1.80 bits per heavy atom. The van der Waals surface area contributed by atoms with Crippen molar-refractivity contribution in [2.24, 2.45) is 0 Å². The van der Waals surface area contributed by atoms with Crippen molar-refractivity contribution in [3.8, 4) is 28.9 Å². The molecule has 0 saturated carbocycles. The van der Waals surface area contributed by atoms with Crippen molar-refractivity contribution in [2.75, 3.05) is 13.7 Å². The SMILES string of the molecule is C=C([O-])[C@H](Cc1ccc(C#CCOc2ccc3oc(-c4ccccc4)cc(=O)c3c2)cc1)OC.[Na+]. The first kappa shape index (κ1) is 26.3. The Balaban J connectivity index is 0.00000342. The predicted molar refractivity (Wildman–Crippen MR) is 130 cm³/mol. The Kier molecular flexibility index (Phi) is 9.36. The van der Waals surface area contributed by atoms with Gasteiger partial charge in [0.1, 0.15) is 23.7 Å². The van der Waals surface area contributed by atoms with Gasteiger partial charge in [0.15, 0.2) is 5.43 Å². The minimum Gasteiger partial charge on any atom is -0.874 e. The summed E-state index contributed by atoms with van der Waals surface area (Å²) in [6, 6.07) is 23.7. The van der Waals surface area contributed by atoms with E-state index in [1.54, 1.807) is 18.2 Å². The van der Waals surface area contributed by atoms with Crippen LogP contribution in [0.3, 0.4) is 0 Å². The third-order valence-corrected chi connectivity index (χ3v) is 5.32. The normalized spacial score (nSPS) is 11.1. The van der Waals surface area contributed by atoms with Crippen LogP contribution >= 0.6 is 0 Å². The van der Waals surface area contributed by atoms with Crippen molar-refractivity contribution >= 4 is 11.0 Å². The monoisotopic (exact) mass is 474 g/mol. The molecule has 1 heterocycles. The molecule has 0 bridgehead atoms. The maximum atomic E-state index is 12.6.